The molecular formula is C22H32N4O3S. The minimum atomic E-state index is -3.50. The van der Waals surface area contributed by atoms with Crippen LogP contribution in [0.5, 0.6) is 0 Å². The Morgan fingerprint density at radius 1 is 1.30 bits per heavy atom. The van der Waals surface area contributed by atoms with Crippen molar-refractivity contribution in [2.24, 2.45) is 24.8 Å². The van der Waals surface area contributed by atoms with Crippen LogP contribution < -0.4 is 5.32 Å². The number of carbonyl (C=O) groups excluding carboxylic acids is 1. The van der Waals surface area contributed by atoms with Gasteiger partial charge in [-0.15, -0.1) is 0 Å². The number of aromatic nitrogens is 2. The molecule has 4 rings (SSSR count). The number of hydrogen-bond donors (Lipinski definition) is 1. The number of amides is 1. The van der Waals surface area contributed by atoms with Crippen molar-refractivity contribution in [2.75, 3.05) is 14.1 Å². The third-order valence-corrected chi connectivity index (χ3v) is 8.93. The van der Waals surface area contributed by atoms with Gasteiger partial charge in [0.2, 0.25) is 15.9 Å². The van der Waals surface area contributed by atoms with Gasteiger partial charge in [0, 0.05) is 40.0 Å². The van der Waals surface area contributed by atoms with Crippen molar-refractivity contribution in [1.29, 1.82) is 0 Å². The van der Waals surface area contributed by atoms with Crippen LogP contribution in [0, 0.1) is 17.8 Å². The molecule has 4 atom stereocenters. The molecule has 7 nitrogen and oxygen atoms in total. The molecule has 1 aromatic carbocycles. The topological polar surface area (TPSA) is 84.3 Å². The van der Waals surface area contributed by atoms with Crippen molar-refractivity contribution in [3.63, 3.8) is 0 Å². The predicted molar refractivity (Wildman–Crippen MR) is 116 cm³/mol. The van der Waals surface area contributed by atoms with E-state index in [0.717, 1.165) is 23.2 Å². The Hall–Kier alpha value is -1.93. The summed E-state index contributed by atoms with van der Waals surface area (Å²) in [4.78, 5) is 17.4. The standard InChI is InChI=1S/C22H32N4O3S/c1-14(18-12-15-5-6-16(18)11-15)23-22(27)10-9-21-24-19-13-17(30(28,29)25(2)3)7-8-20(19)26(21)4/h7-8,13-16,18H,5-6,9-12H2,1-4H3,(H,23,27)/t14-,15-,16-,18+/m0/s1. The molecule has 0 radical (unpaired) electrons. The fourth-order valence-corrected chi connectivity index (χ4v) is 6.31. The highest BCUT2D eigenvalue weighted by Gasteiger charge is 2.42. The lowest BCUT2D eigenvalue weighted by atomic mass is 9.84. The quantitative estimate of drug-likeness (QED) is 0.729. The van der Waals surface area contributed by atoms with Gasteiger partial charge in [-0.3, -0.25) is 4.79 Å². The molecule has 1 aromatic heterocycles. The molecule has 0 aliphatic heterocycles. The molecule has 1 heterocycles. The fraction of sp³-hybridized carbons (Fsp3) is 0.636. The Balaban J connectivity index is 1.41. The smallest absolute Gasteiger partial charge is 0.242 e. The summed E-state index contributed by atoms with van der Waals surface area (Å²) in [7, 11) is 1.43. The molecule has 2 aliphatic rings. The summed E-state index contributed by atoms with van der Waals surface area (Å²) in [6.07, 6.45) is 6.19. The van der Waals surface area contributed by atoms with Gasteiger partial charge in [-0.25, -0.2) is 17.7 Å². The maximum Gasteiger partial charge on any atom is 0.242 e. The number of fused-ring (bicyclic) bond motifs is 3. The molecule has 0 spiro atoms. The number of benzene rings is 1. The van der Waals surface area contributed by atoms with Gasteiger partial charge in [0.15, 0.2) is 0 Å². The van der Waals surface area contributed by atoms with Gasteiger partial charge < -0.3 is 9.88 Å². The first-order valence-corrected chi connectivity index (χ1v) is 12.3. The Morgan fingerprint density at radius 3 is 2.70 bits per heavy atom. The average Bonchev–Trinajstić information content (AvgIpc) is 3.41. The van der Waals surface area contributed by atoms with Crippen LogP contribution in [0.1, 0.15) is 44.9 Å². The van der Waals surface area contributed by atoms with Crippen LogP contribution >= 0.6 is 0 Å². The molecular weight excluding hydrogens is 400 g/mol. The van der Waals surface area contributed by atoms with Gasteiger partial charge in [-0.05, 0) is 62.1 Å². The van der Waals surface area contributed by atoms with E-state index >= 15 is 0 Å². The average molecular weight is 433 g/mol. The molecule has 2 bridgehead atoms. The van der Waals surface area contributed by atoms with E-state index in [1.54, 1.807) is 18.2 Å². The van der Waals surface area contributed by atoms with Gasteiger partial charge in [0.25, 0.3) is 0 Å². The number of aryl methyl sites for hydroxylation is 2. The van der Waals surface area contributed by atoms with Gasteiger partial charge >= 0.3 is 0 Å². The van der Waals surface area contributed by atoms with Gasteiger partial charge in [-0.2, -0.15) is 0 Å². The summed E-state index contributed by atoms with van der Waals surface area (Å²) in [6.45, 7) is 2.14. The summed E-state index contributed by atoms with van der Waals surface area (Å²) in [5.74, 6) is 3.14. The number of rotatable bonds is 7. The van der Waals surface area contributed by atoms with E-state index in [1.165, 1.54) is 44.1 Å². The summed E-state index contributed by atoms with van der Waals surface area (Å²) < 4.78 is 27.9. The van der Waals surface area contributed by atoms with Crippen LogP contribution in [-0.4, -0.2) is 48.3 Å². The largest absolute Gasteiger partial charge is 0.353 e. The SMILES string of the molecule is C[C@H](NC(=O)CCc1nc2cc(S(=O)(=O)N(C)C)ccc2n1C)[C@H]1C[C@H]2CC[C@H]1C2. The van der Waals surface area contributed by atoms with E-state index < -0.39 is 10.0 Å². The van der Waals surface area contributed by atoms with E-state index in [1.807, 2.05) is 11.6 Å². The number of nitrogens with zero attached hydrogens (tertiary/aromatic N) is 3. The maximum atomic E-state index is 12.5. The number of nitrogens with one attached hydrogen (secondary N) is 1. The van der Waals surface area contributed by atoms with Crippen molar-refractivity contribution in [3.05, 3.63) is 24.0 Å². The second kappa shape index (κ2) is 7.96. The van der Waals surface area contributed by atoms with Gasteiger partial charge in [0.1, 0.15) is 5.82 Å². The number of sulfonamides is 1. The van der Waals surface area contributed by atoms with Crippen LogP contribution in [0.2, 0.25) is 0 Å². The summed E-state index contributed by atoms with van der Waals surface area (Å²) in [6, 6.07) is 5.21. The van der Waals surface area contributed by atoms with Crippen molar-refractivity contribution < 1.29 is 13.2 Å². The van der Waals surface area contributed by atoms with E-state index in [-0.39, 0.29) is 16.8 Å². The lowest BCUT2D eigenvalue weighted by Crippen LogP contribution is -2.40. The fourth-order valence-electron chi connectivity index (χ4n) is 5.39. The number of imidazole rings is 1. The summed E-state index contributed by atoms with van der Waals surface area (Å²) >= 11 is 0. The molecule has 164 valence electrons. The van der Waals surface area contributed by atoms with Crippen molar-refractivity contribution >= 4 is 27.0 Å². The zero-order valence-electron chi connectivity index (χ0n) is 18.3. The highest BCUT2D eigenvalue weighted by molar-refractivity contribution is 7.89. The summed E-state index contributed by atoms with van der Waals surface area (Å²) in [5.41, 5.74) is 1.49. The van der Waals surface area contributed by atoms with Crippen LogP contribution in [-0.2, 0) is 28.3 Å². The number of carbonyl (C=O) groups is 1. The molecule has 2 saturated carbocycles. The van der Waals surface area contributed by atoms with E-state index in [0.29, 0.717) is 24.3 Å². The minimum Gasteiger partial charge on any atom is -0.353 e. The first kappa shape index (κ1) is 21.3. The molecule has 2 fully saturated rings. The predicted octanol–water partition coefficient (Wildman–Crippen LogP) is 2.70. The first-order valence-electron chi connectivity index (χ1n) is 10.8. The molecule has 8 heteroatoms. The van der Waals surface area contributed by atoms with E-state index in [4.69, 9.17) is 0 Å². The van der Waals surface area contributed by atoms with Crippen molar-refractivity contribution in [3.8, 4) is 0 Å². The highest BCUT2D eigenvalue weighted by Crippen LogP contribution is 2.49. The second-order valence-electron chi connectivity index (χ2n) is 9.22. The minimum absolute atomic E-state index is 0.0632. The Labute approximate surface area is 178 Å². The molecule has 1 amide bonds. The lowest BCUT2D eigenvalue weighted by Gasteiger charge is -2.28. The molecule has 2 aliphatic carbocycles. The van der Waals surface area contributed by atoms with Gasteiger partial charge in [-0.1, -0.05) is 6.42 Å². The third kappa shape index (κ3) is 3.87. The zero-order valence-corrected chi connectivity index (χ0v) is 19.1. The monoisotopic (exact) mass is 432 g/mol. The van der Waals surface area contributed by atoms with E-state index in [2.05, 4.69) is 17.2 Å². The highest BCUT2D eigenvalue weighted by atomic mass is 32.2. The lowest BCUT2D eigenvalue weighted by molar-refractivity contribution is -0.122. The molecule has 2 aromatic rings. The first-order chi connectivity index (χ1) is 14.2. The summed E-state index contributed by atoms with van der Waals surface area (Å²) in [5, 5.41) is 3.21. The van der Waals surface area contributed by atoms with Crippen LogP contribution in [0.15, 0.2) is 23.1 Å². The Morgan fingerprint density at radius 2 is 2.07 bits per heavy atom. The zero-order chi connectivity index (χ0) is 21.6. The molecule has 0 unspecified atom stereocenters. The van der Waals surface area contributed by atoms with Crippen molar-refractivity contribution in [2.45, 2.75) is 56.4 Å². The van der Waals surface area contributed by atoms with E-state index in [9.17, 15) is 13.2 Å². The number of hydrogen-bond acceptors (Lipinski definition) is 4. The Kier molecular flexibility index (Phi) is 5.66. The molecule has 1 N–H and O–H groups in total. The van der Waals surface area contributed by atoms with Crippen LogP contribution in [0.3, 0.4) is 0 Å². The van der Waals surface area contributed by atoms with Gasteiger partial charge in [0.05, 0.1) is 15.9 Å². The van der Waals surface area contributed by atoms with Crippen molar-refractivity contribution in [1.82, 2.24) is 19.2 Å². The maximum absolute atomic E-state index is 12.5. The van der Waals surface area contributed by atoms with Crippen LogP contribution in [0.4, 0.5) is 0 Å². The molecule has 0 saturated heterocycles. The third-order valence-electron chi connectivity index (χ3n) is 7.12. The normalized spacial score (nSPS) is 24.6. The molecule has 30 heavy (non-hydrogen) atoms. The van der Waals surface area contributed by atoms with Crippen LogP contribution in [0.25, 0.3) is 11.0 Å². The second-order valence-corrected chi connectivity index (χ2v) is 11.4. The Bertz CT molecular complexity index is 1060.